The Kier molecular flexibility index (Phi) is 9.28. The lowest BCUT2D eigenvalue weighted by molar-refractivity contribution is -0.144. The molecular formula is C22H26FN3O5. The van der Waals surface area contributed by atoms with E-state index in [2.05, 4.69) is 10.6 Å². The number of urea groups is 1. The molecule has 0 spiro atoms. The molecule has 0 fully saturated rings. The van der Waals surface area contributed by atoms with Gasteiger partial charge in [0.25, 0.3) is 0 Å². The first kappa shape index (κ1) is 23.7. The first-order valence-electron chi connectivity index (χ1n) is 9.83. The molecule has 0 aliphatic carbocycles. The van der Waals surface area contributed by atoms with E-state index in [-0.39, 0.29) is 38.4 Å². The van der Waals surface area contributed by atoms with Crippen molar-refractivity contribution in [2.45, 2.75) is 19.8 Å². The molecule has 0 bridgehead atoms. The van der Waals surface area contributed by atoms with Crippen LogP contribution in [-0.2, 0) is 14.3 Å². The molecule has 166 valence electrons. The highest BCUT2D eigenvalue weighted by molar-refractivity contribution is 6.01. The molecule has 0 saturated carbocycles. The number of anilines is 2. The predicted octanol–water partition coefficient (Wildman–Crippen LogP) is 3.33. The van der Waals surface area contributed by atoms with Gasteiger partial charge in [0.1, 0.15) is 11.6 Å². The first-order chi connectivity index (χ1) is 14.9. The number of carbonyl (C=O) groups excluding carboxylic acids is 3. The van der Waals surface area contributed by atoms with Crippen molar-refractivity contribution in [3.63, 3.8) is 0 Å². The number of hydrogen-bond donors (Lipinski definition) is 2. The highest BCUT2D eigenvalue weighted by Gasteiger charge is 2.17. The molecule has 0 unspecified atom stereocenters. The van der Waals surface area contributed by atoms with Crippen LogP contribution < -0.4 is 20.3 Å². The SMILES string of the molecule is CCOC(=O)CCC(=O)NCCN(C(=O)Nc1cccc(OC)c1)c1ccc(F)cc1. The molecule has 2 rings (SSSR count). The van der Waals surface area contributed by atoms with Crippen molar-refractivity contribution in [2.75, 3.05) is 37.0 Å². The lowest BCUT2D eigenvalue weighted by Gasteiger charge is -2.23. The van der Waals surface area contributed by atoms with Gasteiger partial charge in [0.05, 0.1) is 20.1 Å². The number of benzene rings is 2. The van der Waals surface area contributed by atoms with Crippen LogP contribution in [0.5, 0.6) is 5.75 Å². The zero-order valence-corrected chi connectivity index (χ0v) is 17.5. The summed E-state index contributed by atoms with van der Waals surface area (Å²) in [5.41, 5.74) is 0.984. The Balaban J connectivity index is 2.00. The molecule has 0 radical (unpaired) electrons. The molecule has 0 saturated heterocycles. The van der Waals surface area contributed by atoms with E-state index in [0.717, 1.165) is 0 Å². The van der Waals surface area contributed by atoms with Crippen LogP contribution in [0.2, 0.25) is 0 Å². The number of esters is 1. The largest absolute Gasteiger partial charge is 0.497 e. The number of hydrogen-bond acceptors (Lipinski definition) is 5. The summed E-state index contributed by atoms with van der Waals surface area (Å²) in [4.78, 5) is 37.5. The summed E-state index contributed by atoms with van der Waals surface area (Å²) in [7, 11) is 1.52. The summed E-state index contributed by atoms with van der Waals surface area (Å²) in [6.07, 6.45) is -0.0247. The van der Waals surface area contributed by atoms with Gasteiger partial charge in [-0.2, -0.15) is 0 Å². The van der Waals surface area contributed by atoms with Crippen LogP contribution in [0.15, 0.2) is 48.5 Å². The third-order valence-electron chi connectivity index (χ3n) is 4.22. The topological polar surface area (TPSA) is 97.0 Å². The number of carbonyl (C=O) groups is 3. The molecule has 0 heterocycles. The van der Waals surface area contributed by atoms with Gasteiger partial charge < -0.3 is 20.1 Å². The Morgan fingerprint density at radius 2 is 1.81 bits per heavy atom. The number of halogens is 1. The summed E-state index contributed by atoms with van der Waals surface area (Å²) in [6, 6.07) is 11.9. The quantitative estimate of drug-likeness (QED) is 0.563. The van der Waals surface area contributed by atoms with Gasteiger partial charge in [-0.05, 0) is 43.3 Å². The standard InChI is InChI=1S/C22H26FN3O5/c1-3-31-21(28)12-11-20(27)24-13-14-26(18-9-7-16(23)8-10-18)22(29)25-17-5-4-6-19(15-17)30-2/h4-10,15H,3,11-14H2,1-2H3,(H,24,27)(H,25,29). The number of ether oxygens (including phenoxy) is 2. The van der Waals surface area contributed by atoms with Crippen LogP contribution in [0.25, 0.3) is 0 Å². The number of rotatable bonds is 10. The molecule has 0 aliphatic rings. The maximum absolute atomic E-state index is 13.3. The predicted molar refractivity (Wildman–Crippen MR) is 115 cm³/mol. The molecular weight excluding hydrogens is 405 g/mol. The van der Waals surface area contributed by atoms with Crippen molar-refractivity contribution >= 4 is 29.3 Å². The molecule has 2 N–H and O–H groups in total. The van der Waals surface area contributed by atoms with Gasteiger partial charge in [-0.1, -0.05) is 6.07 Å². The van der Waals surface area contributed by atoms with Gasteiger partial charge in [0.2, 0.25) is 5.91 Å². The molecule has 31 heavy (non-hydrogen) atoms. The van der Waals surface area contributed by atoms with E-state index in [9.17, 15) is 18.8 Å². The van der Waals surface area contributed by atoms with Crippen molar-refractivity contribution < 1.29 is 28.2 Å². The fraction of sp³-hybridized carbons (Fsp3) is 0.318. The van der Waals surface area contributed by atoms with E-state index in [4.69, 9.17) is 9.47 Å². The molecule has 9 heteroatoms. The molecule has 0 atom stereocenters. The van der Waals surface area contributed by atoms with Gasteiger partial charge in [-0.25, -0.2) is 9.18 Å². The van der Waals surface area contributed by atoms with E-state index in [1.165, 1.54) is 36.3 Å². The fourth-order valence-electron chi connectivity index (χ4n) is 2.70. The van der Waals surface area contributed by atoms with Gasteiger partial charge in [0.15, 0.2) is 0 Å². The van der Waals surface area contributed by atoms with E-state index >= 15 is 0 Å². The van der Waals surface area contributed by atoms with Gasteiger partial charge in [0, 0.05) is 37.0 Å². The van der Waals surface area contributed by atoms with E-state index < -0.39 is 17.8 Å². The number of methoxy groups -OCH3 is 1. The number of nitrogens with zero attached hydrogens (tertiary/aromatic N) is 1. The van der Waals surface area contributed by atoms with Crippen LogP contribution in [-0.4, -0.2) is 44.7 Å². The smallest absolute Gasteiger partial charge is 0.326 e. The Hall–Kier alpha value is -3.62. The van der Waals surface area contributed by atoms with Crippen molar-refractivity contribution in [1.82, 2.24) is 5.32 Å². The Bertz CT molecular complexity index is 889. The summed E-state index contributed by atoms with van der Waals surface area (Å²) >= 11 is 0. The molecule has 2 aromatic carbocycles. The zero-order chi connectivity index (χ0) is 22.6. The summed E-state index contributed by atoms with van der Waals surface area (Å²) < 4.78 is 23.3. The summed E-state index contributed by atoms with van der Waals surface area (Å²) in [5, 5.41) is 5.43. The third-order valence-corrected chi connectivity index (χ3v) is 4.22. The maximum Gasteiger partial charge on any atom is 0.326 e. The zero-order valence-electron chi connectivity index (χ0n) is 17.5. The van der Waals surface area contributed by atoms with Crippen LogP contribution in [0.3, 0.4) is 0 Å². The van der Waals surface area contributed by atoms with Crippen molar-refractivity contribution in [2.24, 2.45) is 0 Å². The normalized spacial score (nSPS) is 10.2. The molecule has 0 aliphatic heterocycles. The Morgan fingerprint density at radius 1 is 1.06 bits per heavy atom. The summed E-state index contributed by atoms with van der Waals surface area (Å²) in [5.74, 6) is -0.618. The average Bonchev–Trinajstić information content (AvgIpc) is 2.76. The number of amides is 3. The van der Waals surface area contributed by atoms with Crippen molar-refractivity contribution in [1.29, 1.82) is 0 Å². The lowest BCUT2D eigenvalue weighted by Crippen LogP contribution is -2.41. The van der Waals surface area contributed by atoms with E-state index in [1.54, 1.807) is 31.2 Å². The van der Waals surface area contributed by atoms with Crippen LogP contribution in [0.1, 0.15) is 19.8 Å². The minimum absolute atomic E-state index is 0.00854. The maximum atomic E-state index is 13.3. The summed E-state index contributed by atoms with van der Waals surface area (Å²) in [6.45, 7) is 2.23. The monoisotopic (exact) mass is 431 g/mol. The molecule has 8 nitrogen and oxygen atoms in total. The second-order valence-corrected chi connectivity index (χ2v) is 6.45. The molecule has 2 aromatic rings. The van der Waals surface area contributed by atoms with Crippen molar-refractivity contribution in [3.05, 3.63) is 54.3 Å². The Labute approximate surface area is 180 Å². The molecule has 0 aromatic heterocycles. The van der Waals surface area contributed by atoms with Gasteiger partial charge in [-0.15, -0.1) is 0 Å². The van der Waals surface area contributed by atoms with Crippen LogP contribution in [0, 0.1) is 5.82 Å². The van der Waals surface area contributed by atoms with Crippen LogP contribution in [0.4, 0.5) is 20.6 Å². The van der Waals surface area contributed by atoms with Crippen molar-refractivity contribution in [3.8, 4) is 5.75 Å². The van der Waals surface area contributed by atoms with E-state index in [1.807, 2.05) is 0 Å². The lowest BCUT2D eigenvalue weighted by atomic mass is 10.2. The minimum atomic E-state index is -0.458. The fourth-order valence-corrected chi connectivity index (χ4v) is 2.70. The molecule has 3 amide bonds. The second-order valence-electron chi connectivity index (χ2n) is 6.45. The number of nitrogens with one attached hydrogen (secondary N) is 2. The Morgan fingerprint density at radius 3 is 2.48 bits per heavy atom. The highest BCUT2D eigenvalue weighted by Crippen LogP contribution is 2.20. The van der Waals surface area contributed by atoms with Crippen LogP contribution >= 0.6 is 0 Å². The average molecular weight is 431 g/mol. The third kappa shape index (κ3) is 7.96. The van der Waals surface area contributed by atoms with E-state index in [0.29, 0.717) is 17.1 Å². The highest BCUT2D eigenvalue weighted by atomic mass is 19.1. The second kappa shape index (κ2) is 12.2. The first-order valence-corrected chi connectivity index (χ1v) is 9.83. The van der Waals surface area contributed by atoms with Gasteiger partial charge in [-0.3, -0.25) is 14.5 Å². The minimum Gasteiger partial charge on any atom is -0.497 e. The van der Waals surface area contributed by atoms with Gasteiger partial charge >= 0.3 is 12.0 Å².